The van der Waals surface area contributed by atoms with E-state index >= 15 is 0 Å². The number of methoxy groups -OCH3 is 1. The van der Waals surface area contributed by atoms with E-state index in [-0.39, 0.29) is 29.7 Å². The Morgan fingerprint density at radius 1 is 1.32 bits per heavy atom. The van der Waals surface area contributed by atoms with Gasteiger partial charge in [-0.2, -0.15) is 0 Å². The maximum atomic E-state index is 13.0. The molecule has 19 heavy (non-hydrogen) atoms. The van der Waals surface area contributed by atoms with Crippen LogP contribution in [0.4, 0.5) is 4.39 Å². The molecule has 0 spiro atoms. The van der Waals surface area contributed by atoms with Crippen molar-refractivity contribution >= 4 is 5.97 Å². The van der Waals surface area contributed by atoms with E-state index < -0.39 is 0 Å². The lowest BCUT2D eigenvalue weighted by Crippen LogP contribution is -2.48. The summed E-state index contributed by atoms with van der Waals surface area (Å²) in [5.41, 5.74) is 1.04. The highest BCUT2D eigenvalue weighted by atomic mass is 19.1. The predicted octanol–water partition coefficient (Wildman–Crippen LogP) is 2.22. The first-order chi connectivity index (χ1) is 9.19. The highest BCUT2D eigenvalue weighted by Crippen LogP contribution is 2.42. The number of carbonyl (C=O) groups excluding carboxylic acids is 1. The molecule has 3 rings (SSSR count). The van der Waals surface area contributed by atoms with E-state index in [9.17, 15) is 9.18 Å². The second-order valence-electron chi connectivity index (χ2n) is 5.49. The zero-order chi connectivity index (χ0) is 13.4. The summed E-state index contributed by atoms with van der Waals surface area (Å²) < 4.78 is 18.0. The van der Waals surface area contributed by atoms with Crippen molar-refractivity contribution < 1.29 is 13.9 Å². The van der Waals surface area contributed by atoms with Gasteiger partial charge in [0.15, 0.2) is 0 Å². The van der Waals surface area contributed by atoms with Crippen molar-refractivity contribution in [2.45, 2.75) is 37.3 Å². The van der Waals surface area contributed by atoms with Gasteiger partial charge in [-0.05, 0) is 37.0 Å². The molecule has 0 aromatic heterocycles. The number of carbonyl (C=O) groups is 1. The first-order valence-electron chi connectivity index (χ1n) is 6.78. The fraction of sp³-hybridized carbons (Fsp3) is 0.533. The van der Waals surface area contributed by atoms with Crippen LogP contribution in [0.15, 0.2) is 24.3 Å². The van der Waals surface area contributed by atoms with Gasteiger partial charge in [0.2, 0.25) is 0 Å². The quantitative estimate of drug-likeness (QED) is 0.831. The molecular formula is C15H18FNO2. The minimum Gasteiger partial charge on any atom is -0.469 e. The smallest absolute Gasteiger partial charge is 0.310 e. The average Bonchev–Trinajstić information content (AvgIpc) is 2.80. The average molecular weight is 263 g/mol. The lowest BCUT2D eigenvalue weighted by atomic mass is 9.77. The van der Waals surface area contributed by atoms with Gasteiger partial charge < -0.3 is 10.1 Å². The Labute approximate surface area is 112 Å². The van der Waals surface area contributed by atoms with Gasteiger partial charge >= 0.3 is 5.97 Å². The molecule has 4 atom stereocenters. The molecule has 0 saturated carbocycles. The maximum absolute atomic E-state index is 13.0. The zero-order valence-corrected chi connectivity index (χ0v) is 10.9. The summed E-state index contributed by atoms with van der Waals surface area (Å²) in [7, 11) is 1.44. The normalized spacial score (nSPS) is 33.2. The Bertz CT molecular complexity index is 474. The van der Waals surface area contributed by atoms with Crippen LogP contribution in [-0.2, 0) is 9.53 Å². The number of rotatable bonds is 2. The SMILES string of the molecule is COC(=O)C1C(c2ccc(F)cc2)CC2CC[C@H]1N2. The number of piperidine rings is 1. The van der Waals surface area contributed by atoms with Crippen molar-refractivity contribution in [2.75, 3.05) is 7.11 Å². The number of halogens is 1. The fourth-order valence-electron chi connectivity index (χ4n) is 3.57. The molecule has 1 aromatic rings. The molecule has 102 valence electrons. The van der Waals surface area contributed by atoms with Crippen LogP contribution in [0, 0.1) is 11.7 Å². The third-order valence-corrected chi connectivity index (χ3v) is 4.45. The summed E-state index contributed by atoms with van der Waals surface area (Å²) in [5, 5.41) is 3.49. The van der Waals surface area contributed by atoms with Crippen LogP contribution in [0.3, 0.4) is 0 Å². The molecule has 4 heteroatoms. The molecule has 0 aliphatic carbocycles. The molecule has 2 fully saturated rings. The van der Waals surface area contributed by atoms with Gasteiger partial charge in [0.25, 0.3) is 0 Å². The highest BCUT2D eigenvalue weighted by molar-refractivity contribution is 5.75. The Balaban J connectivity index is 1.92. The van der Waals surface area contributed by atoms with Gasteiger partial charge in [0, 0.05) is 18.0 Å². The van der Waals surface area contributed by atoms with Gasteiger partial charge in [0.05, 0.1) is 13.0 Å². The number of esters is 1. The minimum absolute atomic E-state index is 0.131. The van der Waals surface area contributed by atoms with Gasteiger partial charge in [-0.25, -0.2) is 4.39 Å². The summed E-state index contributed by atoms with van der Waals surface area (Å²) in [6, 6.07) is 7.19. The van der Waals surface area contributed by atoms with Gasteiger partial charge in [-0.15, -0.1) is 0 Å². The number of hydrogen-bond acceptors (Lipinski definition) is 3. The van der Waals surface area contributed by atoms with Crippen molar-refractivity contribution in [1.29, 1.82) is 0 Å². The zero-order valence-electron chi connectivity index (χ0n) is 10.9. The largest absolute Gasteiger partial charge is 0.469 e. The second kappa shape index (κ2) is 4.93. The minimum atomic E-state index is -0.240. The van der Waals surface area contributed by atoms with Crippen LogP contribution < -0.4 is 5.32 Å². The summed E-state index contributed by atoms with van der Waals surface area (Å²) in [5.74, 6) is -0.427. The van der Waals surface area contributed by atoms with Crippen LogP contribution in [0.5, 0.6) is 0 Å². The summed E-state index contributed by atoms with van der Waals surface area (Å²) >= 11 is 0. The van der Waals surface area contributed by atoms with E-state index in [1.807, 2.05) is 0 Å². The Kier molecular flexibility index (Phi) is 3.27. The van der Waals surface area contributed by atoms with Crippen LogP contribution in [0.2, 0.25) is 0 Å². The first-order valence-corrected chi connectivity index (χ1v) is 6.78. The third kappa shape index (κ3) is 2.25. The van der Waals surface area contributed by atoms with Crippen molar-refractivity contribution in [3.63, 3.8) is 0 Å². The predicted molar refractivity (Wildman–Crippen MR) is 69.2 cm³/mol. The van der Waals surface area contributed by atoms with Crippen LogP contribution in [0.25, 0.3) is 0 Å². The molecule has 1 aromatic carbocycles. The molecule has 0 radical (unpaired) electrons. The van der Waals surface area contributed by atoms with Crippen LogP contribution in [-0.4, -0.2) is 25.2 Å². The molecule has 2 aliphatic heterocycles. The van der Waals surface area contributed by atoms with E-state index in [0.717, 1.165) is 24.8 Å². The lowest BCUT2D eigenvalue weighted by Gasteiger charge is -2.36. The van der Waals surface area contributed by atoms with E-state index in [1.54, 1.807) is 12.1 Å². The number of benzene rings is 1. The van der Waals surface area contributed by atoms with Crippen molar-refractivity contribution in [3.05, 3.63) is 35.6 Å². The van der Waals surface area contributed by atoms with Crippen molar-refractivity contribution in [2.24, 2.45) is 5.92 Å². The Morgan fingerprint density at radius 3 is 2.74 bits per heavy atom. The van der Waals surface area contributed by atoms with Gasteiger partial charge in [-0.1, -0.05) is 12.1 Å². The number of nitrogens with one attached hydrogen (secondary N) is 1. The molecule has 3 unspecified atom stereocenters. The van der Waals surface area contributed by atoms with E-state index in [1.165, 1.54) is 19.2 Å². The van der Waals surface area contributed by atoms with Crippen LogP contribution in [0.1, 0.15) is 30.7 Å². The van der Waals surface area contributed by atoms with E-state index in [2.05, 4.69) is 5.32 Å². The monoisotopic (exact) mass is 263 g/mol. The maximum Gasteiger partial charge on any atom is 0.310 e. The standard InChI is InChI=1S/C15H18FNO2/c1-19-15(18)14-12(8-11-6-7-13(14)17-11)9-2-4-10(16)5-3-9/h2-5,11-14,17H,6-8H2,1H3/t11?,12?,13-,14?/m1/s1. The van der Waals surface area contributed by atoms with Gasteiger partial charge in [-0.3, -0.25) is 4.79 Å². The second-order valence-corrected chi connectivity index (χ2v) is 5.49. The molecule has 2 saturated heterocycles. The van der Waals surface area contributed by atoms with Gasteiger partial charge in [0.1, 0.15) is 5.82 Å². The molecule has 2 aliphatic rings. The fourth-order valence-corrected chi connectivity index (χ4v) is 3.57. The summed E-state index contributed by atoms with van der Waals surface area (Å²) in [4.78, 5) is 12.1. The van der Waals surface area contributed by atoms with E-state index in [4.69, 9.17) is 4.74 Å². The number of hydrogen-bond donors (Lipinski definition) is 1. The number of ether oxygens (including phenoxy) is 1. The molecule has 2 heterocycles. The molecule has 0 amide bonds. The number of fused-ring (bicyclic) bond motifs is 2. The highest BCUT2D eigenvalue weighted by Gasteiger charge is 2.46. The summed E-state index contributed by atoms with van der Waals surface area (Å²) in [6.07, 6.45) is 3.04. The topological polar surface area (TPSA) is 38.3 Å². The summed E-state index contributed by atoms with van der Waals surface area (Å²) in [6.45, 7) is 0. The first kappa shape index (κ1) is 12.6. The van der Waals surface area contributed by atoms with Crippen LogP contribution >= 0.6 is 0 Å². The Morgan fingerprint density at radius 2 is 2.05 bits per heavy atom. The Hall–Kier alpha value is -1.42. The van der Waals surface area contributed by atoms with Crippen molar-refractivity contribution in [3.8, 4) is 0 Å². The molecule has 2 bridgehead atoms. The van der Waals surface area contributed by atoms with Crippen molar-refractivity contribution in [1.82, 2.24) is 5.32 Å². The molecule has 1 N–H and O–H groups in total. The third-order valence-electron chi connectivity index (χ3n) is 4.45. The lowest BCUT2D eigenvalue weighted by molar-refractivity contribution is -0.148. The molecular weight excluding hydrogens is 245 g/mol. The molecule has 3 nitrogen and oxygen atoms in total. The van der Waals surface area contributed by atoms with E-state index in [0.29, 0.717) is 6.04 Å².